The predicted octanol–water partition coefficient (Wildman–Crippen LogP) is 2.79. The highest BCUT2D eigenvalue weighted by atomic mass is 16.6. The fourth-order valence-electron chi connectivity index (χ4n) is 1.61. The number of pyridine rings is 1. The molecule has 0 fully saturated rings. The van der Waals surface area contributed by atoms with Crippen molar-refractivity contribution in [3.8, 4) is 5.75 Å². The normalized spacial score (nSPS) is 11.2. The molecule has 0 spiro atoms. The van der Waals surface area contributed by atoms with Gasteiger partial charge in [0.05, 0.1) is 17.4 Å². The molecule has 1 heterocycles. The number of phenolic OH excluding ortho intramolecular Hbond substituents is 1. The summed E-state index contributed by atoms with van der Waals surface area (Å²) in [5.74, 6) is 0.163. The van der Waals surface area contributed by atoms with Crippen molar-refractivity contribution in [1.29, 1.82) is 0 Å². The van der Waals surface area contributed by atoms with Crippen LogP contribution in [0.3, 0.4) is 0 Å². The van der Waals surface area contributed by atoms with E-state index in [9.17, 15) is 9.90 Å². The van der Waals surface area contributed by atoms with E-state index in [1.807, 2.05) is 0 Å². The monoisotopic (exact) mass is 275 g/mol. The van der Waals surface area contributed by atoms with Gasteiger partial charge in [-0.15, -0.1) is 0 Å². The third kappa shape index (κ3) is 3.74. The van der Waals surface area contributed by atoms with Crippen LogP contribution in [0.4, 0.5) is 10.5 Å². The number of carbonyl (C=O) groups excluding carboxylic acids is 1. The van der Waals surface area contributed by atoms with Gasteiger partial charge in [-0.1, -0.05) is 0 Å². The predicted molar refractivity (Wildman–Crippen MR) is 76.4 cm³/mol. The average molecular weight is 275 g/mol. The van der Waals surface area contributed by atoms with Crippen LogP contribution in [0.5, 0.6) is 5.75 Å². The molecule has 20 heavy (non-hydrogen) atoms. The quantitative estimate of drug-likeness (QED) is 0.734. The van der Waals surface area contributed by atoms with E-state index < -0.39 is 11.7 Å². The molecule has 6 nitrogen and oxygen atoms in total. The Balaban J connectivity index is 2.05. The second-order valence-corrected chi connectivity index (χ2v) is 5.35. The Kier molecular flexibility index (Phi) is 3.65. The summed E-state index contributed by atoms with van der Waals surface area (Å²) in [6.07, 6.45) is 1.00. The number of benzene rings is 1. The summed E-state index contributed by atoms with van der Waals surface area (Å²) in [5.41, 5.74) is 5.92. The SMILES string of the molecule is CC(C)(C)OC(=O)NNc1cnc2ccc(O)cc2c1. The fourth-order valence-corrected chi connectivity index (χ4v) is 1.61. The van der Waals surface area contributed by atoms with Crippen molar-refractivity contribution in [3.05, 3.63) is 30.5 Å². The van der Waals surface area contributed by atoms with Crippen LogP contribution in [0, 0.1) is 0 Å². The Morgan fingerprint density at radius 1 is 1.30 bits per heavy atom. The lowest BCUT2D eigenvalue weighted by atomic mass is 10.2. The molecular weight excluding hydrogens is 258 g/mol. The van der Waals surface area contributed by atoms with Crippen LogP contribution in [0.2, 0.25) is 0 Å². The largest absolute Gasteiger partial charge is 0.508 e. The summed E-state index contributed by atoms with van der Waals surface area (Å²) in [5, 5.41) is 10.2. The topological polar surface area (TPSA) is 83.5 Å². The fraction of sp³-hybridized carbons (Fsp3) is 0.286. The van der Waals surface area contributed by atoms with E-state index in [1.165, 1.54) is 0 Å². The first kappa shape index (κ1) is 13.9. The van der Waals surface area contributed by atoms with Gasteiger partial charge in [-0.2, -0.15) is 0 Å². The van der Waals surface area contributed by atoms with Gasteiger partial charge in [0.15, 0.2) is 0 Å². The maximum absolute atomic E-state index is 11.5. The van der Waals surface area contributed by atoms with Crippen LogP contribution < -0.4 is 10.9 Å². The summed E-state index contributed by atoms with van der Waals surface area (Å²) < 4.78 is 5.09. The Hall–Kier alpha value is -2.50. The zero-order chi connectivity index (χ0) is 14.8. The number of nitrogens with zero attached hydrogens (tertiary/aromatic N) is 1. The van der Waals surface area contributed by atoms with Gasteiger partial charge in [0.2, 0.25) is 0 Å². The van der Waals surface area contributed by atoms with Crippen molar-refractivity contribution in [2.45, 2.75) is 26.4 Å². The number of hydrogen-bond acceptors (Lipinski definition) is 5. The number of ether oxygens (including phenoxy) is 1. The van der Waals surface area contributed by atoms with E-state index in [1.54, 1.807) is 51.2 Å². The summed E-state index contributed by atoms with van der Waals surface area (Å²) in [7, 11) is 0. The highest BCUT2D eigenvalue weighted by molar-refractivity contribution is 5.83. The summed E-state index contributed by atoms with van der Waals surface area (Å²) in [4.78, 5) is 15.7. The number of rotatable bonds is 2. The number of fused-ring (bicyclic) bond motifs is 1. The molecule has 0 saturated heterocycles. The molecule has 2 rings (SSSR count). The molecule has 0 unspecified atom stereocenters. The van der Waals surface area contributed by atoms with Gasteiger partial charge in [-0.05, 0) is 45.0 Å². The Labute approximate surface area is 116 Å². The molecule has 106 valence electrons. The molecule has 6 heteroatoms. The number of anilines is 1. The average Bonchev–Trinajstić information content (AvgIpc) is 2.33. The molecule has 0 aliphatic rings. The zero-order valence-corrected chi connectivity index (χ0v) is 11.6. The van der Waals surface area contributed by atoms with Crippen LogP contribution >= 0.6 is 0 Å². The Morgan fingerprint density at radius 2 is 2.05 bits per heavy atom. The van der Waals surface area contributed by atoms with Gasteiger partial charge in [-0.25, -0.2) is 10.2 Å². The number of hydrazine groups is 1. The standard InChI is InChI=1S/C14H17N3O3/c1-14(2,3)20-13(19)17-16-10-6-9-7-11(18)4-5-12(9)15-8-10/h4-8,16,18H,1-3H3,(H,17,19). The third-order valence-corrected chi connectivity index (χ3v) is 2.37. The van der Waals surface area contributed by atoms with Crippen LogP contribution in [0.15, 0.2) is 30.5 Å². The van der Waals surface area contributed by atoms with E-state index in [0.717, 1.165) is 10.9 Å². The molecule has 0 bridgehead atoms. The molecule has 0 atom stereocenters. The van der Waals surface area contributed by atoms with E-state index in [0.29, 0.717) is 5.69 Å². The van der Waals surface area contributed by atoms with Crippen LogP contribution in [-0.4, -0.2) is 21.8 Å². The van der Waals surface area contributed by atoms with Gasteiger partial charge in [0.1, 0.15) is 11.4 Å². The van der Waals surface area contributed by atoms with Crippen molar-refractivity contribution in [2.24, 2.45) is 0 Å². The summed E-state index contributed by atoms with van der Waals surface area (Å²) >= 11 is 0. The van der Waals surface area contributed by atoms with Crippen molar-refractivity contribution >= 4 is 22.7 Å². The minimum atomic E-state index is -0.575. The van der Waals surface area contributed by atoms with Gasteiger partial charge < -0.3 is 9.84 Å². The number of nitrogens with one attached hydrogen (secondary N) is 2. The second kappa shape index (κ2) is 5.24. The Bertz CT molecular complexity index is 635. The molecule has 0 radical (unpaired) electrons. The molecule has 1 aromatic heterocycles. The van der Waals surface area contributed by atoms with E-state index >= 15 is 0 Å². The van der Waals surface area contributed by atoms with Crippen molar-refractivity contribution in [2.75, 3.05) is 5.43 Å². The number of hydrogen-bond donors (Lipinski definition) is 3. The number of aromatic hydroxyl groups is 1. The number of amides is 1. The van der Waals surface area contributed by atoms with Crippen LogP contribution in [0.1, 0.15) is 20.8 Å². The van der Waals surface area contributed by atoms with E-state index in [2.05, 4.69) is 15.8 Å². The highest BCUT2D eigenvalue weighted by Crippen LogP contribution is 2.20. The number of phenols is 1. The van der Waals surface area contributed by atoms with Crippen LogP contribution in [0.25, 0.3) is 10.9 Å². The van der Waals surface area contributed by atoms with Gasteiger partial charge >= 0.3 is 6.09 Å². The number of aromatic nitrogens is 1. The first-order chi connectivity index (χ1) is 9.33. The molecule has 3 N–H and O–H groups in total. The van der Waals surface area contributed by atoms with E-state index in [-0.39, 0.29) is 5.75 Å². The first-order valence-corrected chi connectivity index (χ1v) is 6.17. The third-order valence-electron chi connectivity index (χ3n) is 2.37. The molecular formula is C14H17N3O3. The lowest BCUT2D eigenvalue weighted by Gasteiger charge is -2.20. The minimum Gasteiger partial charge on any atom is -0.508 e. The Morgan fingerprint density at radius 3 is 2.75 bits per heavy atom. The molecule has 1 aromatic carbocycles. The lowest BCUT2D eigenvalue weighted by molar-refractivity contribution is 0.0541. The number of carbonyl (C=O) groups is 1. The van der Waals surface area contributed by atoms with Crippen molar-refractivity contribution < 1.29 is 14.6 Å². The van der Waals surface area contributed by atoms with Crippen molar-refractivity contribution in [1.82, 2.24) is 10.4 Å². The first-order valence-electron chi connectivity index (χ1n) is 6.17. The van der Waals surface area contributed by atoms with Crippen LogP contribution in [-0.2, 0) is 4.74 Å². The minimum absolute atomic E-state index is 0.163. The zero-order valence-electron chi connectivity index (χ0n) is 11.6. The molecule has 1 amide bonds. The summed E-state index contributed by atoms with van der Waals surface area (Å²) in [6.45, 7) is 5.35. The van der Waals surface area contributed by atoms with Crippen molar-refractivity contribution in [3.63, 3.8) is 0 Å². The maximum Gasteiger partial charge on any atom is 0.426 e. The second-order valence-electron chi connectivity index (χ2n) is 5.35. The highest BCUT2D eigenvalue weighted by Gasteiger charge is 2.15. The molecule has 0 saturated carbocycles. The van der Waals surface area contributed by atoms with E-state index in [4.69, 9.17) is 4.74 Å². The summed E-state index contributed by atoms with van der Waals surface area (Å²) in [6, 6.07) is 6.65. The molecule has 0 aliphatic heterocycles. The molecule has 2 aromatic rings. The molecule has 0 aliphatic carbocycles. The smallest absolute Gasteiger partial charge is 0.426 e. The van der Waals surface area contributed by atoms with Gasteiger partial charge in [0, 0.05) is 5.39 Å². The van der Waals surface area contributed by atoms with Gasteiger partial charge in [-0.3, -0.25) is 10.4 Å². The lowest BCUT2D eigenvalue weighted by Crippen LogP contribution is -2.35. The van der Waals surface area contributed by atoms with Gasteiger partial charge in [0.25, 0.3) is 0 Å². The maximum atomic E-state index is 11.5.